The monoisotopic (exact) mass is 299 g/mol. The molecule has 0 bridgehead atoms. The van der Waals surface area contributed by atoms with Crippen LogP contribution in [-0.2, 0) is 6.42 Å². The minimum atomic E-state index is -0.118. The van der Waals surface area contributed by atoms with Crippen LogP contribution >= 0.6 is 27.5 Å². The van der Waals surface area contributed by atoms with E-state index in [1.165, 1.54) is 0 Å². The number of rotatable bonds is 3. The number of hydrogen-bond donors (Lipinski definition) is 1. The van der Waals surface area contributed by atoms with E-state index in [9.17, 15) is 0 Å². The summed E-state index contributed by atoms with van der Waals surface area (Å²) in [6.45, 7) is 0. The third kappa shape index (κ3) is 2.48. The summed E-state index contributed by atoms with van der Waals surface area (Å²) in [4.78, 5) is 0. The van der Waals surface area contributed by atoms with Crippen molar-refractivity contribution in [2.24, 2.45) is 5.73 Å². The second kappa shape index (κ2) is 5.04. The third-order valence-electron chi connectivity index (χ3n) is 2.44. The van der Waals surface area contributed by atoms with Gasteiger partial charge in [0.15, 0.2) is 4.67 Å². The van der Waals surface area contributed by atoms with E-state index in [-0.39, 0.29) is 6.04 Å². The number of halogens is 2. The molecule has 1 aromatic heterocycles. The first-order valence-corrected chi connectivity index (χ1v) is 6.07. The molecule has 0 aliphatic rings. The standard InChI is InChI=1S/C12H11BrClNO/c13-12-9(5-6-16-12)11(15)7-8-3-1-2-4-10(8)14/h1-6,11H,7,15H2. The van der Waals surface area contributed by atoms with Crippen molar-refractivity contribution >= 4 is 27.5 Å². The van der Waals surface area contributed by atoms with Crippen LogP contribution in [0.4, 0.5) is 0 Å². The molecule has 84 valence electrons. The molecule has 0 aliphatic carbocycles. The fourth-order valence-electron chi connectivity index (χ4n) is 1.58. The lowest BCUT2D eigenvalue weighted by molar-refractivity contribution is 0.531. The van der Waals surface area contributed by atoms with Crippen molar-refractivity contribution in [1.29, 1.82) is 0 Å². The summed E-state index contributed by atoms with van der Waals surface area (Å²) in [5.74, 6) is 0. The average Bonchev–Trinajstić information content (AvgIpc) is 2.68. The highest BCUT2D eigenvalue weighted by Crippen LogP contribution is 2.27. The first-order chi connectivity index (χ1) is 7.68. The average molecular weight is 301 g/mol. The van der Waals surface area contributed by atoms with Crippen LogP contribution in [0, 0.1) is 0 Å². The molecule has 1 unspecified atom stereocenters. The molecule has 2 nitrogen and oxygen atoms in total. The number of benzene rings is 1. The molecule has 16 heavy (non-hydrogen) atoms. The van der Waals surface area contributed by atoms with Crippen molar-refractivity contribution in [3.63, 3.8) is 0 Å². The van der Waals surface area contributed by atoms with Gasteiger partial charge in [0.2, 0.25) is 0 Å². The summed E-state index contributed by atoms with van der Waals surface area (Å²) in [6.07, 6.45) is 2.31. The van der Waals surface area contributed by atoms with Crippen LogP contribution in [0.25, 0.3) is 0 Å². The molecule has 0 spiro atoms. The maximum atomic E-state index is 6.09. The van der Waals surface area contributed by atoms with Gasteiger partial charge in [-0.2, -0.15) is 0 Å². The highest BCUT2D eigenvalue weighted by Gasteiger charge is 2.14. The maximum absolute atomic E-state index is 6.09. The molecule has 4 heteroatoms. The Morgan fingerprint density at radius 3 is 2.69 bits per heavy atom. The van der Waals surface area contributed by atoms with Crippen LogP contribution in [0.2, 0.25) is 5.02 Å². The molecule has 2 N–H and O–H groups in total. The van der Waals surface area contributed by atoms with Gasteiger partial charge in [0.05, 0.1) is 6.26 Å². The molecule has 2 aromatic rings. The summed E-state index contributed by atoms with van der Waals surface area (Å²) in [5.41, 5.74) is 8.10. The molecule has 2 rings (SSSR count). The summed E-state index contributed by atoms with van der Waals surface area (Å²) in [7, 11) is 0. The van der Waals surface area contributed by atoms with Gasteiger partial charge in [0.25, 0.3) is 0 Å². The summed E-state index contributed by atoms with van der Waals surface area (Å²) in [5, 5.41) is 0.748. The predicted molar refractivity (Wildman–Crippen MR) is 68.5 cm³/mol. The van der Waals surface area contributed by atoms with Crippen molar-refractivity contribution in [2.45, 2.75) is 12.5 Å². The van der Waals surface area contributed by atoms with Gasteiger partial charge in [-0.25, -0.2) is 0 Å². The SMILES string of the molecule is NC(Cc1ccccc1Cl)c1ccoc1Br. The van der Waals surface area contributed by atoms with E-state index in [0.717, 1.165) is 16.1 Å². The Morgan fingerprint density at radius 1 is 1.31 bits per heavy atom. The van der Waals surface area contributed by atoms with Gasteiger partial charge in [-0.3, -0.25) is 0 Å². The van der Waals surface area contributed by atoms with E-state index in [0.29, 0.717) is 11.1 Å². The van der Waals surface area contributed by atoms with Crippen LogP contribution in [-0.4, -0.2) is 0 Å². The Bertz CT molecular complexity index is 483. The Kier molecular flexibility index (Phi) is 3.69. The van der Waals surface area contributed by atoms with E-state index in [2.05, 4.69) is 15.9 Å². The minimum Gasteiger partial charge on any atom is -0.457 e. The normalized spacial score (nSPS) is 12.7. The highest BCUT2D eigenvalue weighted by atomic mass is 79.9. The first-order valence-electron chi connectivity index (χ1n) is 4.90. The fourth-order valence-corrected chi connectivity index (χ4v) is 2.33. The smallest absolute Gasteiger partial charge is 0.173 e. The lowest BCUT2D eigenvalue weighted by Gasteiger charge is -2.11. The number of nitrogens with two attached hydrogens (primary N) is 1. The molecule has 1 atom stereocenters. The Hall–Kier alpha value is -0.770. The summed E-state index contributed by atoms with van der Waals surface area (Å²) < 4.78 is 5.84. The molecule has 0 saturated heterocycles. The van der Waals surface area contributed by atoms with Gasteiger partial charge in [-0.05, 0) is 40.0 Å². The summed E-state index contributed by atoms with van der Waals surface area (Å²) in [6, 6.07) is 9.47. The van der Waals surface area contributed by atoms with E-state index >= 15 is 0 Å². The zero-order chi connectivity index (χ0) is 11.5. The van der Waals surface area contributed by atoms with Gasteiger partial charge in [0, 0.05) is 16.6 Å². The third-order valence-corrected chi connectivity index (χ3v) is 3.46. The fraction of sp³-hybridized carbons (Fsp3) is 0.167. The van der Waals surface area contributed by atoms with Crippen molar-refractivity contribution in [1.82, 2.24) is 0 Å². The van der Waals surface area contributed by atoms with Crippen LogP contribution < -0.4 is 5.73 Å². The van der Waals surface area contributed by atoms with Crippen molar-refractivity contribution < 1.29 is 4.42 Å². The Labute approximate surface area is 108 Å². The molecule has 1 aromatic carbocycles. The lowest BCUT2D eigenvalue weighted by atomic mass is 10.0. The van der Waals surface area contributed by atoms with Gasteiger partial charge in [-0.1, -0.05) is 29.8 Å². The van der Waals surface area contributed by atoms with E-state index in [4.69, 9.17) is 21.8 Å². The zero-order valence-electron chi connectivity index (χ0n) is 8.49. The largest absolute Gasteiger partial charge is 0.457 e. The van der Waals surface area contributed by atoms with Gasteiger partial charge >= 0.3 is 0 Å². The lowest BCUT2D eigenvalue weighted by Crippen LogP contribution is -2.13. The van der Waals surface area contributed by atoms with E-state index in [1.54, 1.807) is 6.26 Å². The van der Waals surface area contributed by atoms with Gasteiger partial charge in [-0.15, -0.1) is 0 Å². The Balaban J connectivity index is 2.17. The van der Waals surface area contributed by atoms with Gasteiger partial charge < -0.3 is 10.2 Å². The van der Waals surface area contributed by atoms with Crippen LogP contribution in [0.15, 0.2) is 45.7 Å². The second-order valence-electron chi connectivity index (χ2n) is 3.55. The topological polar surface area (TPSA) is 39.2 Å². The maximum Gasteiger partial charge on any atom is 0.173 e. The highest BCUT2D eigenvalue weighted by molar-refractivity contribution is 9.10. The molecule has 0 radical (unpaired) electrons. The molecular weight excluding hydrogens is 289 g/mol. The molecule has 0 fully saturated rings. The quantitative estimate of drug-likeness (QED) is 0.932. The van der Waals surface area contributed by atoms with Crippen LogP contribution in [0.3, 0.4) is 0 Å². The molecule has 0 amide bonds. The van der Waals surface area contributed by atoms with Gasteiger partial charge in [0.1, 0.15) is 0 Å². The molecule has 0 aliphatic heterocycles. The number of hydrogen-bond acceptors (Lipinski definition) is 2. The predicted octanol–water partition coefficient (Wildman–Crippen LogP) is 3.94. The molecule has 1 heterocycles. The first kappa shape index (κ1) is 11.7. The van der Waals surface area contributed by atoms with Crippen molar-refractivity contribution in [2.75, 3.05) is 0 Å². The molecule has 0 saturated carbocycles. The van der Waals surface area contributed by atoms with Crippen molar-refractivity contribution in [3.8, 4) is 0 Å². The molecular formula is C12H11BrClNO. The number of furan rings is 1. The van der Waals surface area contributed by atoms with E-state index in [1.807, 2.05) is 30.3 Å². The zero-order valence-corrected chi connectivity index (χ0v) is 10.8. The van der Waals surface area contributed by atoms with E-state index < -0.39 is 0 Å². The van der Waals surface area contributed by atoms with Crippen molar-refractivity contribution in [3.05, 3.63) is 57.4 Å². The van der Waals surface area contributed by atoms with Crippen LogP contribution in [0.1, 0.15) is 17.2 Å². The Morgan fingerprint density at radius 2 is 2.06 bits per heavy atom. The second-order valence-corrected chi connectivity index (χ2v) is 4.68. The summed E-state index contributed by atoms with van der Waals surface area (Å²) >= 11 is 9.40. The minimum absolute atomic E-state index is 0.118. The van der Waals surface area contributed by atoms with Crippen LogP contribution in [0.5, 0.6) is 0 Å².